The number of carbonyl (C=O) groups excluding carboxylic acids is 1. The van der Waals surface area contributed by atoms with Crippen molar-refractivity contribution < 1.29 is 43.0 Å². The zero-order valence-corrected chi connectivity index (χ0v) is 41.9. The summed E-state index contributed by atoms with van der Waals surface area (Å²) in [4.78, 5) is 22.6. The molecule has 0 aromatic rings. The summed E-state index contributed by atoms with van der Waals surface area (Å²) >= 11 is 0. The van der Waals surface area contributed by atoms with Gasteiger partial charge in [-0.25, -0.2) is 4.57 Å². The molecule has 3 N–H and O–H groups in total. The third-order valence-electron chi connectivity index (χ3n) is 10.9. The fraction of sp³-hybridized carbons (Fsp3) is 0.759. The van der Waals surface area contributed by atoms with Gasteiger partial charge in [-0.15, -0.1) is 0 Å². The minimum atomic E-state index is -4.55. The lowest BCUT2D eigenvalue weighted by Gasteiger charge is -2.20. The quantitative estimate of drug-likeness (QED) is 0.0236. The number of hydrogen-bond acceptors (Lipinski definition) is 8. The number of rotatable bonds is 49. The lowest BCUT2D eigenvalue weighted by molar-refractivity contribution is -0.154. The average Bonchev–Trinajstić information content (AvgIpc) is 3.29. The van der Waals surface area contributed by atoms with Crippen molar-refractivity contribution in [1.82, 2.24) is 0 Å². The molecule has 0 aliphatic rings. The summed E-state index contributed by atoms with van der Waals surface area (Å²) in [6.45, 7) is 3.33. The van der Waals surface area contributed by atoms with Crippen LogP contribution < -0.4 is 0 Å². The highest BCUT2D eigenvalue weighted by Gasteiger charge is 2.26. The Labute approximate surface area is 392 Å². The number of ether oxygens (including phenoxy) is 2. The first-order valence-electron chi connectivity index (χ1n) is 25.9. The summed E-state index contributed by atoms with van der Waals surface area (Å²) in [6, 6.07) is 0. The van der Waals surface area contributed by atoms with E-state index in [1.54, 1.807) is 0 Å². The van der Waals surface area contributed by atoms with Crippen molar-refractivity contribution in [2.45, 2.75) is 232 Å². The van der Waals surface area contributed by atoms with Gasteiger partial charge in [0.25, 0.3) is 0 Å². The van der Waals surface area contributed by atoms with E-state index < -0.39 is 45.8 Å². The van der Waals surface area contributed by atoms with Crippen LogP contribution in [0.4, 0.5) is 0 Å². The van der Waals surface area contributed by atoms with Crippen molar-refractivity contribution in [3.8, 4) is 0 Å². The Morgan fingerprint density at radius 3 is 1.25 bits per heavy atom. The number of esters is 1. The topological polar surface area (TPSA) is 132 Å². The van der Waals surface area contributed by atoms with Crippen LogP contribution in [0.5, 0.6) is 0 Å². The standard InChI is InChI=1S/C54H97O9P/c1-3-5-7-9-11-13-15-17-19-21-23-24-25-26-27-29-31-33-35-37-39-41-43-45-47-60-50-53(51-62-64(58,59)61-49-52(56)48-55)63-54(57)46-44-42-40-38-36-34-32-30-28-22-20-18-16-14-12-10-8-6-4-2/h6,8,12,14,18,20,28,30,34,36,40,42,52-53,55-56H,3-5,7,9-11,13,15-17,19,21-27,29,31-33,35,37-39,41,43-51H2,1-2H3,(H,58,59)/b8-6-,14-12-,20-18-,30-28-,36-34-,42-40-. The Morgan fingerprint density at radius 1 is 0.500 bits per heavy atom. The number of aliphatic hydroxyl groups excluding tert-OH is 2. The predicted molar refractivity (Wildman–Crippen MR) is 269 cm³/mol. The highest BCUT2D eigenvalue weighted by Crippen LogP contribution is 2.43. The molecule has 0 saturated heterocycles. The molecular formula is C54H97O9P. The number of carbonyl (C=O) groups is 1. The predicted octanol–water partition coefficient (Wildman–Crippen LogP) is 15.3. The first-order chi connectivity index (χ1) is 31.3. The van der Waals surface area contributed by atoms with E-state index in [2.05, 4.69) is 74.6 Å². The van der Waals surface area contributed by atoms with Gasteiger partial charge in [0.15, 0.2) is 0 Å². The second kappa shape index (κ2) is 50.3. The van der Waals surface area contributed by atoms with Crippen LogP contribution in [0.25, 0.3) is 0 Å². The zero-order valence-electron chi connectivity index (χ0n) is 41.0. The van der Waals surface area contributed by atoms with E-state index in [9.17, 15) is 19.4 Å². The second-order valence-electron chi connectivity index (χ2n) is 17.2. The Kier molecular flexibility index (Phi) is 48.7. The van der Waals surface area contributed by atoms with Gasteiger partial charge in [-0.2, -0.15) is 0 Å². The summed E-state index contributed by atoms with van der Waals surface area (Å²) in [5, 5.41) is 18.4. The van der Waals surface area contributed by atoms with Gasteiger partial charge in [0.05, 0.1) is 26.4 Å². The van der Waals surface area contributed by atoms with Crippen LogP contribution in [0.3, 0.4) is 0 Å². The molecule has 372 valence electrons. The smallest absolute Gasteiger partial charge is 0.457 e. The van der Waals surface area contributed by atoms with Crippen LogP contribution in [0.2, 0.25) is 0 Å². The molecule has 0 heterocycles. The number of phosphoric ester groups is 1. The molecule has 0 amide bonds. The molecule has 0 rings (SSSR count). The molecule has 0 radical (unpaired) electrons. The Morgan fingerprint density at radius 2 is 0.859 bits per heavy atom. The van der Waals surface area contributed by atoms with Gasteiger partial charge in [0.2, 0.25) is 0 Å². The molecule has 9 nitrogen and oxygen atoms in total. The lowest BCUT2D eigenvalue weighted by atomic mass is 10.0. The highest BCUT2D eigenvalue weighted by atomic mass is 31.2. The molecule has 0 aliphatic heterocycles. The first-order valence-corrected chi connectivity index (χ1v) is 27.4. The van der Waals surface area contributed by atoms with Crippen LogP contribution in [-0.2, 0) is 27.9 Å². The second-order valence-corrected chi connectivity index (χ2v) is 18.6. The van der Waals surface area contributed by atoms with Gasteiger partial charge in [-0.3, -0.25) is 13.8 Å². The van der Waals surface area contributed by atoms with Crippen molar-refractivity contribution >= 4 is 13.8 Å². The van der Waals surface area contributed by atoms with Crippen LogP contribution in [0.1, 0.15) is 219 Å². The van der Waals surface area contributed by atoms with Gasteiger partial charge in [0.1, 0.15) is 12.2 Å². The van der Waals surface area contributed by atoms with Crippen molar-refractivity contribution in [3.63, 3.8) is 0 Å². The Balaban J connectivity index is 4.13. The zero-order chi connectivity index (χ0) is 46.7. The third kappa shape index (κ3) is 49.3. The molecule has 64 heavy (non-hydrogen) atoms. The maximum Gasteiger partial charge on any atom is 0.472 e. The summed E-state index contributed by atoms with van der Waals surface area (Å²) in [6.07, 6.45) is 61.8. The van der Waals surface area contributed by atoms with Crippen LogP contribution >= 0.6 is 7.82 Å². The van der Waals surface area contributed by atoms with Crippen molar-refractivity contribution in [3.05, 3.63) is 72.9 Å². The van der Waals surface area contributed by atoms with Crippen LogP contribution in [0, 0.1) is 0 Å². The van der Waals surface area contributed by atoms with Crippen molar-refractivity contribution in [2.24, 2.45) is 0 Å². The van der Waals surface area contributed by atoms with E-state index in [-0.39, 0.29) is 13.0 Å². The van der Waals surface area contributed by atoms with Crippen molar-refractivity contribution in [1.29, 1.82) is 0 Å². The largest absolute Gasteiger partial charge is 0.472 e. The molecule has 3 unspecified atom stereocenters. The minimum absolute atomic E-state index is 0.0181. The van der Waals surface area contributed by atoms with Gasteiger partial charge < -0.3 is 24.6 Å². The summed E-state index contributed by atoms with van der Waals surface area (Å²) in [5.41, 5.74) is 0. The molecule has 0 spiro atoms. The van der Waals surface area contributed by atoms with E-state index in [0.717, 1.165) is 57.8 Å². The molecule has 3 atom stereocenters. The molecule has 0 aliphatic carbocycles. The molecular weight excluding hydrogens is 824 g/mol. The number of aliphatic hydroxyl groups is 2. The number of phosphoric acid groups is 1. The van der Waals surface area contributed by atoms with Gasteiger partial charge in [-0.05, 0) is 51.4 Å². The van der Waals surface area contributed by atoms with Gasteiger partial charge >= 0.3 is 13.8 Å². The summed E-state index contributed by atoms with van der Waals surface area (Å²) in [5.74, 6) is -0.462. The van der Waals surface area contributed by atoms with E-state index >= 15 is 0 Å². The molecule has 0 fully saturated rings. The third-order valence-corrected chi connectivity index (χ3v) is 11.9. The van der Waals surface area contributed by atoms with Crippen molar-refractivity contribution in [2.75, 3.05) is 33.0 Å². The minimum Gasteiger partial charge on any atom is -0.457 e. The normalized spacial score (nSPS) is 14.4. The monoisotopic (exact) mass is 921 g/mol. The lowest BCUT2D eigenvalue weighted by Crippen LogP contribution is -2.29. The number of allylic oxidation sites excluding steroid dienone is 12. The van der Waals surface area contributed by atoms with Crippen LogP contribution in [-0.4, -0.2) is 66.3 Å². The van der Waals surface area contributed by atoms with Gasteiger partial charge in [-0.1, -0.05) is 234 Å². The Bertz CT molecular complexity index is 1230. The SMILES string of the molecule is CC/C=C\C/C=C\C/C=C\C/C=C\C/C=C\C/C=C\CCC(=O)OC(COCCCCCCCCCCCCCCCCCCCCCCCCCC)COP(=O)(O)OCC(O)CO. The number of hydrogen-bond donors (Lipinski definition) is 3. The van der Waals surface area contributed by atoms with E-state index in [0.29, 0.717) is 13.0 Å². The molecule has 0 saturated carbocycles. The number of unbranched alkanes of at least 4 members (excludes halogenated alkanes) is 23. The van der Waals surface area contributed by atoms with E-state index in [4.69, 9.17) is 23.6 Å². The molecule has 0 aromatic carbocycles. The molecule has 0 aromatic heterocycles. The summed E-state index contributed by atoms with van der Waals surface area (Å²) < 4.78 is 33.4. The summed E-state index contributed by atoms with van der Waals surface area (Å²) in [7, 11) is -4.55. The van der Waals surface area contributed by atoms with Crippen LogP contribution in [0.15, 0.2) is 72.9 Å². The maximum absolute atomic E-state index is 12.6. The van der Waals surface area contributed by atoms with E-state index in [1.165, 1.54) is 135 Å². The average molecular weight is 921 g/mol. The maximum atomic E-state index is 12.6. The highest BCUT2D eigenvalue weighted by molar-refractivity contribution is 7.47. The first kappa shape index (κ1) is 61.9. The molecule has 10 heteroatoms. The molecule has 0 bridgehead atoms. The van der Waals surface area contributed by atoms with Gasteiger partial charge in [0, 0.05) is 13.0 Å². The fourth-order valence-corrected chi connectivity index (χ4v) is 7.82. The van der Waals surface area contributed by atoms with E-state index in [1.807, 2.05) is 12.2 Å². The fourth-order valence-electron chi connectivity index (χ4n) is 7.03. The Hall–Kier alpha value is -2.10.